The van der Waals surface area contributed by atoms with E-state index in [1.165, 1.54) is 29.6 Å². The highest BCUT2D eigenvalue weighted by Crippen LogP contribution is 2.36. The number of rotatable bonds is 5. The van der Waals surface area contributed by atoms with Crippen molar-refractivity contribution in [2.75, 3.05) is 0 Å². The van der Waals surface area contributed by atoms with E-state index >= 15 is 0 Å². The summed E-state index contributed by atoms with van der Waals surface area (Å²) in [5, 5.41) is 13.6. The average molecular weight is 409 g/mol. The molecule has 0 unspecified atom stereocenters. The molecule has 0 bridgehead atoms. The lowest BCUT2D eigenvalue weighted by atomic mass is 10.4. The molecule has 0 aliphatic heterocycles. The zero-order valence-corrected chi connectivity index (χ0v) is 15.7. The molecule has 8 heteroatoms. The lowest BCUT2D eigenvalue weighted by Gasteiger charge is -2.06. The Labute approximate surface area is 162 Å². The molecule has 0 aliphatic carbocycles. The van der Waals surface area contributed by atoms with Crippen LogP contribution in [0.4, 0.5) is 5.69 Å². The van der Waals surface area contributed by atoms with E-state index < -0.39 is 4.92 Å². The van der Waals surface area contributed by atoms with Crippen molar-refractivity contribution in [1.29, 1.82) is 0 Å². The number of nitro groups is 1. The van der Waals surface area contributed by atoms with E-state index in [1.54, 1.807) is 42.5 Å². The molecule has 0 aliphatic rings. The normalized spacial score (nSPS) is 10.6. The molecule has 4 nitrogen and oxygen atoms in total. The molecular weight excluding hydrogens is 399 g/mol. The van der Waals surface area contributed by atoms with Gasteiger partial charge in [-0.3, -0.25) is 10.1 Å². The quantitative estimate of drug-likeness (QED) is 0.351. The average Bonchev–Trinajstić information content (AvgIpc) is 2.59. The highest BCUT2D eigenvalue weighted by Gasteiger charge is 2.18. The van der Waals surface area contributed by atoms with Crippen molar-refractivity contribution in [3.05, 3.63) is 80.8 Å². The highest BCUT2D eigenvalue weighted by atomic mass is 35.5. The molecule has 1 aromatic heterocycles. The Bertz CT molecular complexity index is 904. The first-order valence-electron chi connectivity index (χ1n) is 7.03. The molecule has 1 heterocycles. The summed E-state index contributed by atoms with van der Waals surface area (Å²) in [6, 6.07) is 17.5. The summed E-state index contributed by atoms with van der Waals surface area (Å²) in [5.74, 6) is 0. The van der Waals surface area contributed by atoms with Crippen molar-refractivity contribution in [3.8, 4) is 0 Å². The molecule has 3 rings (SSSR count). The second-order valence-corrected chi connectivity index (χ2v) is 7.87. The Kier molecular flexibility index (Phi) is 5.86. The van der Waals surface area contributed by atoms with E-state index in [9.17, 15) is 10.1 Å². The molecule has 0 fully saturated rings. The van der Waals surface area contributed by atoms with Crippen LogP contribution in [0.3, 0.4) is 0 Å². The van der Waals surface area contributed by atoms with Crippen molar-refractivity contribution in [2.24, 2.45) is 0 Å². The number of pyridine rings is 1. The summed E-state index contributed by atoms with van der Waals surface area (Å²) >= 11 is 14.4. The van der Waals surface area contributed by atoms with E-state index in [0.717, 1.165) is 9.79 Å². The van der Waals surface area contributed by atoms with Crippen molar-refractivity contribution in [3.63, 3.8) is 0 Å². The first-order valence-corrected chi connectivity index (χ1v) is 9.42. The summed E-state index contributed by atoms with van der Waals surface area (Å²) in [7, 11) is 0. The van der Waals surface area contributed by atoms with Crippen LogP contribution in [-0.4, -0.2) is 9.91 Å². The van der Waals surface area contributed by atoms with E-state index in [2.05, 4.69) is 4.98 Å². The fourth-order valence-corrected chi connectivity index (χ4v) is 3.91. The Morgan fingerprint density at radius 3 is 1.84 bits per heavy atom. The molecule has 0 saturated carbocycles. The molecule has 2 aromatic carbocycles. The van der Waals surface area contributed by atoms with Crippen LogP contribution in [0.25, 0.3) is 0 Å². The second kappa shape index (κ2) is 8.10. The maximum Gasteiger partial charge on any atom is 0.301 e. The van der Waals surface area contributed by atoms with Gasteiger partial charge in [-0.15, -0.1) is 0 Å². The van der Waals surface area contributed by atoms with Gasteiger partial charge in [0.15, 0.2) is 5.03 Å². The third-order valence-electron chi connectivity index (χ3n) is 3.08. The van der Waals surface area contributed by atoms with Gasteiger partial charge in [0.25, 0.3) is 0 Å². The SMILES string of the molecule is O=[N+]([O-])c1ccc(Sc2ccc(Cl)cc2)nc1Sc1ccc(Cl)cc1. The molecular formula is C17H10Cl2N2O2S2. The van der Waals surface area contributed by atoms with Crippen LogP contribution >= 0.6 is 46.7 Å². The summed E-state index contributed by atoms with van der Waals surface area (Å²) in [5.41, 5.74) is -0.0274. The van der Waals surface area contributed by atoms with Gasteiger partial charge in [-0.1, -0.05) is 46.7 Å². The van der Waals surface area contributed by atoms with Gasteiger partial charge in [0, 0.05) is 25.9 Å². The van der Waals surface area contributed by atoms with Crippen LogP contribution in [0.15, 0.2) is 80.5 Å². The Morgan fingerprint density at radius 1 is 0.800 bits per heavy atom. The molecule has 0 saturated heterocycles. The van der Waals surface area contributed by atoms with Gasteiger partial charge in [0.05, 0.1) is 4.92 Å². The summed E-state index contributed by atoms with van der Waals surface area (Å²) in [6.45, 7) is 0. The number of nitrogens with zero attached hydrogens (tertiary/aromatic N) is 2. The molecule has 0 spiro atoms. The standard InChI is InChI=1S/C17H10Cl2N2O2S2/c18-11-1-5-13(6-2-11)24-16-10-9-15(21(22)23)17(20-16)25-14-7-3-12(19)4-8-14/h1-10H. The predicted molar refractivity (Wildman–Crippen MR) is 102 cm³/mol. The third kappa shape index (κ3) is 4.89. The van der Waals surface area contributed by atoms with Gasteiger partial charge in [-0.2, -0.15) is 0 Å². The van der Waals surface area contributed by atoms with Crippen molar-refractivity contribution in [2.45, 2.75) is 19.8 Å². The van der Waals surface area contributed by atoms with Crippen molar-refractivity contribution in [1.82, 2.24) is 4.98 Å². The first kappa shape index (κ1) is 18.1. The fraction of sp³-hybridized carbons (Fsp3) is 0. The molecule has 25 heavy (non-hydrogen) atoms. The zero-order chi connectivity index (χ0) is 17.8. The van der Waals surface area contributed by atoms with Crippen LogP contribution in [0.5, 0.6) is 0 Å². The second-order valence-electron chi connectivity index (χ2n) is 4.84. The van der Waals surface area contributed by atoms with E-state index in [1.807, 2.05) is 12.1 Å². The number of hydrogen-bond donors (Lipinski definition) is 0. The van der Waals surface area contributed by atoms with Crippen LogP contribution in [0.2, 0.25) is 10.0 Å². The number of benzene rings is 2. The first-order chi connectivity index (χ1) is 12.0. The van der Waals surface area contributed by atoms with Crippen LogP contribution in [0, 0.1) is 10.1 Å². The van der Waals surface area contributed by atoms with Crippen molar-refractivity contribution >= 4 is 52.4 Å². The van der Waals surface area contributed by atoms with E-state index in [0.29, 0.717) is 20.1 Å². The maximum absolute atomic E-state index is 11.3. The van der Waals surface area contributed by atoms with Crippen LogP contribution < -0.4 is 0 Å². The summed E-state index contributed by atoms with van der Waals surface area (Å²) < 4.78 is 0. The molecule has 0 N–H and O–H groups in total. The maximum atomic E-state index is 11.3. The molecule has 3 aromatic rings. The largest absolute Gasteiger partial charge is 0.301 e. The van der Waals surface area contributed by atoms with E-state index in [-0.39, 0.29) is 5.69 Å². The topological polar surface area (TPSA) is 56.0 Å². The molecule has 126 valence electrons. The van der Waals surface area contributed by atoms with Gasteiger partial charge in [-0.05, 0) is 54.6 Å². The summed E-state index contributed by atoms with van der Waals surface area (Å²) in [4.78, 5) is 17.1. The Hall–Kier alpha value is -1.73. The minimum atomic E-state index is -0.429. The molecule has 0 amide bonds. The van der Waals surface area contributed by atoms with Gasteiger partial charge < -0.3 is 0 Å². The lowest BCUT2D eigenvalue weighted by molar-refractivity contribution is -0.388. The molecule has 0 atom stereocenters. The Balaban J connectivity index is 1.89. The number of aromatic nitrogens is 1. The lowest BCUT2D eigenvalue weighted by Crippen LogP contribution is -1.94. The Morgan fingerprint density at radius 2 is 1.32 bits per heavy atom. The van der Waals surface area contributed by atoms with Crippen LogP contribution in [0.1, 0.15) is 0 Å². The fourth-order valence-electron chi connectivity index (χ4n) is 1.92. The van der Waals surface area contributed by atoms with Gasteiger partial charge in [0.1, 0.15) is 5.03 Å². The minimum Gasteiger partial charge on any atom is -0.258 e. The van der Waals surface area contributed by atoms with Gasteiger partial charge in [0.2, 0.25) is 0 Å². The monoisotopic (exact) mass is 408 g/mol. The third-order valence-corrected chi connectivity index (χ3v) is 5.53. The van der Waals surface area contributed by atoms with Crippen LogP contribution in [-0.2, 0) is 0 Å². The predicted octanol–water partition coefficient (Wildman–Crippen LogP) is 6.60. The zero-order valence-electron chi connectivity index (χ0n) is 12.6. The number of hydrogen-bond acceptors (Lipinski definition) is 5. The van der Waals surface area contributed by atoms with Gasteiger partial charge in [-0.25, -0.2) is 4.98 Å². The van der Waals surface area contributed by atoms with Gasteiger partial charge >= 0.3 is 5.69 Å². The molecule has 0 radical (unpaired) electrons. The number of halogens is 2. The minimum absolute atomic E-state index is 0.0274. The van der Waals surface area contributed by atoms with E-state index in [4.69, 9.17) is 23.2 Å². The smallest absolute Gasteiger partial charge is 0.258 e. The van der Waals surface area contributed by atoms with Crippen molar-refractivity contribution < 1.29 is 4.92 Å². The summed E-state index contributed by atoms with van der Waals surface area (Å²) in [6.07, 6.45) is 0. The highest BCUT2D eigenvalue weighted by molar-refractivity contribution is 8.00.